The monoisotopic (exact) mass is 448 g/mol. The molecule has 2 fully saturated rings. The van der Waals surface area contributed by atoms with Gasteiger partial charge in [0.15, 0.2) is 0 Å². The van der Waals surface area contributed by atoms with E-state index in [1.54, 1.807) is 12.1 Å². The number of nitrogens with zero attached hydrogens (tertiary/aromatic N) is 1. The van der Waals surface area contributed by atoms with Gasteiger partial charge in [0.25, 0.3) is 5.91 Å². The quantitative estimate of drug-likeness (QED) is 0.658. The fourth-order valence-corrected chi connectivity index (χ4v) is 5.19. The molecule has 4 rings (SSSR count). The van der Waals surface area contributed by atoms with Crippen LogP contribution in [0.4, 0.5) is 0 Å². The molecule has 0 radical (unpaired) electrons. The third kappa shape index (κ3) is 4.48. The summed E-state index contributed by atoms with van der Waals surface area (Å²) < 4.78 is 33.5. The fourth-order valence-electron chi connectivity index (χ4n) is 3.57. The zero-order valence-electron chi connectivity index (χ0n) is 17.0. The van der Waals surface area contributed by atoms with Gasteiger partial charge in [-0.3, -0.25) is 4.79 Å². The Hall–Kier alpha value is -2.09. The van der Waals surface area contributed by atoms with Gasteiger partial charge in [0, 0.05) is 22.7 Å². The summed E-state index contributed by atoms with van der Waals surface area (Å²) in [7, 11) is -2.34. The second kappa shape index (κ2) is 8.21. The number of sulfonamides is 1. The van der Waals surface area contributed by atoms with Crippen molar-refractivity contribution in [2.45, 2.75) is 55.6 Å². The first-order chi connectivity index (χ1) is 14.3. The minimum atomic E-state index is -3.76. The highest BCUT2D eigenvalue weighted by molar-refractivity contribution is 7.89. The molecule has 6 nitrogen and oxygen atoms in total. The molecule has 2 aromatic carbocycles. The van der Waals surface area contributed by atoms with Gasteiger partial charge in [0.05, 0.1) is 13.2 Å². The molecule has 1 amide bonds. The lowest BCUT2D eigenvalue weighted by atomic mass is 10.0. The van der Waals surface area contributed by atoms with Gasteiger partial charge in [-0.15, -0.1) is 0 Å². The van der Waals surface area contributed by atoms with Crippen molar-refractivity contribution in [3.63, 3.8) is 0 Å². The van der Waals surface area contributed by atoms with Crippen LogP contribution >= 0.6 is 11.6 Å². The zero-order chi connectivity index (χ0) is 21.5. The minimum Gasteiger partial charge on any atom is -0.495 e. The van der Waals surface area contributed by atoms with Crippen molar-refractivity contribution in [1.82, 2.24) is 9.62 Å². The number of carbonyl (C=O) groups excluding carboxylic acids is 1. The van der Waals surface area contributed by atoms with Crippen molar-refractivity contribution in [2.24, 2.45) is 0 Å². The average Bonchev–Trinajstić information content (AvgIpc) is 3.64. The molecule has 0 bridgehead atoms. The van der Waals surface area contributed by atoms with Crippen molar-refractivity contribution >= 4 is 27.5 Å². The molecule has 0 spiro atoms. The van der Waals surface area contributed by atoms with E-state index in [2.05, 4.69) is 4.72 Å². The maximum absolute atomic E-state index is 13.5. The second-order valence-electron chi connectivity index (χ2n) is 7.93. The third-order valence-electron chi connectivity index (χ3n) is 5.54. The SMILES string of the molecule is COc1ccc(C(=O)N(C2CC2)[C@H](C)c2ccc(Cl)cc2)cc1S(=O)(=O)NC1CC1. The smallest absolute Gasteiger partial charge is 0.254 e. The molecule has 2 aromatic rings. The van der Waals surface area contributed by atoms with Crippen molar-refractivity contribution in [3.8, 4) is 5.75 Å². The first-order valence-corrected chi connectivity index (χ1v) is 11.9. The van der Waals surface area contributed by atoms with Crippen LogP contribution in [-0.2, 0) is 10.0 Å². The van der Waals surface area contributed by atoms with Crippen LogP contribution in [0.1, 0.15) is 54.6 Å². The van der Waals surface area contributed by atoms with Crippen molar-refractivity contribution in [3.05, 3.63) is 58.6 Å². The molecular weight excluding hydrogens is 424 g/mol. The minimum absolute atomic E-state index is 0.00218. The molecule has 0 aliphatic heterocycles. The van der Waals surface area contributed by atoms with E-state index in [9.17, 15) is 13.2 Å². The summed E-state index contributed by atoms with van der Waals surface area (Å²) in [6, 6.07) is 12.0. The number of methoxy groups -OCH3 is 1. The average molecular weight is 449 g/mol. The summed E-state index contributed by atoms with van der Waals surface area (Å²) in [6.45, 7) is 1.98. The van der Waals surface area contributed by atoms with E-state index in [0.717, 1.165) is 31.2 Å². The fraction of sp³-hybridized carbons (Fsp3) is 0.409. The topological polar surface area (TPSA) is 75.7 Å². The highest BCUT2D eigenvalue weighted by Gasteiger charge is 2.37. The van der Waals surface area contributed by atoms with Crippen LogP contribution < -0.4 is 9.46 Å². The Morgan fingerprint density at radius 2 is 1.80 bits per heavy atom. The number of hydrogen-bond acceptors (Lipinski definition) is 4. The van der Waals surface area contributed by atoms with Crippen LogP contribution in [0.15, 0.2) is 47.4 Å². The summed E-state index contributed by atoms with van der Waals surface area (Å²) in [5.41, 5.74) is 1.32. The van der Waals surface area contributed by atoms with Crippen LogP contribution in [0.2, 0.25) is 5.02 Å². The number of carbonyl (C=O) groups is 1. The molecule has 2 aliphatic rings. The van der Waals surface area contributed by atoms with Gasteiger partial charge in [-0.1, -0.05) is 23.7 Å². The Labute approximate surface area is 182 Å². The normalized spacial score (nSPS) is 17.4. The third-order valence-corrected chi connectivity index (χ3v) is 7.34. The number of amides is 1. The van der Waals surface area contributed by atoms with E-state index < -0.39 is 10.0 Å². The zero-order valence-corrected chi connectivity index (χ0v) is 18.5. The highest BCUT2D eigenvalue weighted by atomic mass is 35.5. The molecule has 2 saturated carbocycles. The Morgan fingerprint density at radius 3 is 2.37 bits per heavy atom. The molecule has 2 aliphatic carbocycles. The number of nitrogens with one attached hydrogen (secondary N) is 1. The molecule has 1 N–H and O–H groups in total. The highest BCUT2D eigenvalue weighted by Crippen LogP contribution is 2.37. The standard InChI is InChI=1S/C22H25ClN2O4S/c1-14(15-3-6-17(23)7-4-15)25(19-10-11-19)22(26)16-5-12-20(29-2)21(13-16)30(27,28)24-18-8-9-18/h3-7,12-14,18-19,24H,8-11H2,1-2H3/t14-/m1/s1. The van der Waals surface area contributed by atoms with Gasteiger partial charge in [0.2, 0.25) is 10.0 Å². The van der Waals surface area contributed by atoms with Crippen LogP contribution in [-0.4, -0.2) is 38.4 Å². The number of hydrogen-bond donors (Lipinski definition) is 1. The van der Waals surface area contributed by atoms with E-state index in [-0.39, 0.29) is 34.7 Å². The van der Waals surface area contributed by atoms with Crippen molar-refractivity contribution in [1.29, 1.82) is 0 Å². The van der Waals surface area contributed by atoms with Gasteiger partial charge in [-0.05, 0) is 68.5 Å². The first kappa shape index (κ1) is 21.2. The number of halogens is 1. The van der Waals surface area contributed by atoms with Crippen LogP contribution in [0.3, 0.4) is 0 Å². The summed E-state index contributed by atoms with van der Waals surface area (Å²) in [5, 5.41) is 0.642. The molecule has 1 atom stereocenters. The second-order valence-corrected chi connectivity index (χ2v) is 10.1. The molecule has 8 heteroatoms. The van der Waals surface area contributed by atoms with Crippen molar-refractivity contribution < 1.29 is 17.9 Å². The maximum Gasteiger partial charge on any atom is 0.254 e. The van der Waals surface area contributed by atoms with Gasteiger partial charge in [-0.25, -0.2) is 13.1 Å². The first-order valence-electron chi connectivity index (χ1n) is 10.1. The van der Waals surface area contributed by atoms with E-state index in [1.807, 2.05) is 36.1 Å². The molecular formula is C22H25ClN2O4S. The number of rotatable bonds is 8. The molecule has 0 heterocycles. The Morgan fingerprint density at radius 1 is 1.13 bits per heavy atom. The van der Waals surface area contributed by atoms with Crippen LogP contribution in [0, 0.1) is 0 Å². The van der Waals surface area contributed by atoms with Gasteiger partial charge in [0.1, 0.15) is 10.6 Å². The lowest BCUT2D eigenvalue weighted by Crippen LogP contribution is -2.35. The predicted molar refractivity (Wildman–Crippen MR) is 115 cm³/mol. The molecule has 160 valence electrons. The Kier molecular flexibility index (Phi) is 5.79. The lowest BCUT2D eigenvalue weighted by Gasteiger charge is -2.30. The van der Waals surface area contributed by atoms with Crippen LogP contribution in [0.25, 0.3) is 0 Å². The largest absolute Gasteiger partial charge is 0.495 e. The maximum atomic E-state index is 13.5. The van der Waals surface area contributed by atoms with Gasteiger partial charge in [-0.2, -0.15) is 0 Å². The summed E-state index contributed by atoms with van der Waals surface area (Å²) in [5.74, 6) is 0.0360. The Bertz CT molecular complexity index is 1050. The number of ether oxygens (including phenoxy) is 1. The predicted octanol–water partition coefficient (Wildman–Crippen LogP) is 4.16. The lowest BCUT2D eigenvalue weighted by molar-refractivity contribution is 0.0673. The van der Waals surface area contributed by atoms with E-state index >= 15 is 0 Å². The van der Waals surface area contributed by atoms with Gasteiger partial charge < -0.3 is 9.64 Å². The van der Waals surface area contributed by atoms with E-state index in [0.29, 0.717) is 10.6 Å². The summed E-state index contributed by atoms with van der Waals surface area (Å²) in [4.78, 5) is 15.3. The van der Waals surface area contributed by atoms with E-state index in [1.165, 1.54) is 13.2 Å². The molecule has 0 aromatic heterocycles. The summed E-state index contributed by atoms with van der Waals surface area (Å²) in [6.07, 6.45) is 3.53. The van der Waals surface area contributed by atoms with Crippen molar-refractivity contribution in [2.75, 3.05) is 7.11 Å². The molecule has 30 heavy (non-hydrogen) atoms. The summed E-state index contributed by atoms with van der Waals surface area (Å²) >= 11 is 6.00. The van der Waals surface area contributed by atoms with Crippen LogP contribution in [0.5, 0.6) is 5.75 Å². The van der Waals surface area contributed by atoms with Gasteiger partial charge >= 0.3 is 0 Å². The molecule has 0 unspecified atom stereocenters. The Balaban J connectivity index is 1.66. The number of benzene rings is 2. The molecule has 0 saturated heterocycles. The van der Waals surface area contributed by atoms with E-state index in [4.69, 9.17) is 16.3 Å².